The lowest BCUT2D eigenvalue weighted by molar-refractivity contribution is 0.741. The summed E-state index contributed by atoms with van der Waals surface area (Å²) in [6, 6.07) is 0. The summed E-state index contributed by atoms with van der Waals surface area (Å²) >= 11 is 0. The third kappa shape index (κ3) is 1.12. The molecule has 1 aromatic rings. The Balaban J connectivity index is 3.01. The number of hydrogen-bond acceptors (Lipinski definition) is 1. The Bertz CT molecular complexity index is 201. The third-order valence-corrected chi connectivity index (χ3v) is 1.37. The molecule has 49 valence electrons. The van der Waals surface area contributed by atoms with Gasteiger partial charge in [-0.2, -0.15) is 5.10 Å². The van der Waals surface area contributed by atoms with Gasteiger partial charge >= 0.3 is 0 Å². The van der Waals surface area contributed by atoms with Crippen LogP contribution in [0.3, 0.4) is 0 Å². The lowest BCUT2D eigenvalue weighted by Gasteiger charge is -1.86. The second-order valence-corrected chi connectivity index (χ2v) is 2.16. The maximum absolute atomic E-state index is 4.19. The predicted octanol–water partition coefficient (Wildman–Crippen LogP) is 1.09. The highest BCUT2D eigenvalue weighted by Gasteiger charge is 1.98. The first kappa shape index (κ1) is 6.33. The fourth-order valence-electron chi connectivity index (χ4n) is 0.924. The maximum atomic E-state index is 4.19. The largest absolute Gasteiger partial charge is 0.266 e. The summed E-state index contributed by atoms with van der Waals surface area (Å²) in [5.74, 6) is 0. The van der Waals surface area contributed by atoms with Gasteiger partial charge < -0.3 is 0 Å². The van der Waals surface area contributed by atoms with Crippen LogP contribution in [0.5, 0.6) is 0 Å². The van der Waals surface area contributed by atoms with Crippen molar-refractivity contribution >= 4 is 0 Å². The molecule has 9 heavy (non-hydrogen) atoms. The molecule has 0 bridgehead atoms. The van der Waals surface area contributed by atoms with Crippen molar-refractivity contribution in [3.8, 4) is 0 Å². The van der Waals surface area contributed by atoms with Crippen LogP contribution >= 0.6 is 0 Å². The average molecular weight is 123 g/mol. The number of hydrogen-bond donors (Lipinski definition) is 0. The SMILES string of the molecule is CCc1nn(C)[c]c1C. The quantitative estimate of drug-likeness (QED) is 0.546. The van der Waals surface area contributed by atoms with E-state index >= 15 is 0 Å². The van der Waals surface area contributed by atoms with Gasteiger partial charge in [0.25, 0.3) is 0 Å². The summed E-state index contributed by atoms with van der Waals surface area (Å²) in [5.41, 5.74) is 2.32. The molecular formula is C7H11N2. The van der Waals surface area contributed by atoms with Crippen molar-refractivity contribution in [2.45, 2.75) is 20.3 Å². The Morgan fingerprint density at radius 1 is 1.67 bits per heavy atom. The summed E-state index contributed by atoms with van der Waals surface area (Å²) in [7, 11) is 1.90. The molecule has 1 rings (SSSR count). The molecule has 1 radical (unpaired) electrons. The van der Waals surface area contributed by atoms with Crippen LogP contribution in [0.1, 0.15) is 18.2 Å². The van der Waals surface area contributed by atoms with Crippen LogP contribution in [0.2, 0.25) is 0 Å². The standard InChI is InChI=1S/C7H11N2/c1-4-7-6(2)5-9(3)8-7/h4H2,1-3H3. The van der Waals surface area contributed by atoms with Gasteiger partial charge in [0, 0.05) is 7.05 Å². The van der Waals surface area contributed by atoms with Gasteiger partial charge in [-0.05, 0) is 18.9 Å². The number of aromatic nitrogens is 2. The minimum Gasteiger partial charge on any atom is -0.266 e. The van der Waals surface area contributed by atoms with Crippen molar-refractivity contribution in [2.75, 3.05) is 0 Å². The highest BCUT2D eigenvalue weighted by atomic mass is 15.2. The summed E-state index contributed by atoms with van der Waals surface area (Å²) in [5, 5.41) is 4.19. The van der Waals surface area contributed by atoms with Crippen LogP contribution in [0.25, 0.3) is 0 Å². The van der Waals surface area contributed by atoms with Gasteiger partial charge in [0.05, 0.1) is 11.9 Å². The zero-order valence-electron chi connectivity index (χ0n) is 6.10. The van der Waals surface area contributed by atoms with Crippen LogP contribution in [-0.4, -0.2) is 9.78 Å². The molecule has 0 aliphatic heterocycles. The molecule has 0 N–H and O–H groups in total. The molecule has 0 saturated carbocycles. The van der Waals surface area contributed by atoms with Gasteiger partial charge in [-0.25, -0.2) is 0 Å². The minimum atomic E-state index is 1.00. The summed E-state index contributed by atoms with van der Waals surface area (Å²) < 4.78 is 1.73. The van der Waals surface area contributed by atoms with Gasteiger partial charge in [0.1, 0.15) is 0 Å². The highest BCUT2D eigenvalue weighted by molar-refractivity contribution is 5.12. The zero-order valence-corrected chi connectivity index (χ0v) is 6.10. The van der Waals surface area contributed by atoms with E-state index in [0.29, 0.717) is 0 Å². The second kappa shape index (κ2) is 2.21. The molecular weight excluding hydrogens is 112 g/mol. The molecule has 0 atom stereocenters. The van der Waals surface area contributed by atoms with Gasteiger partial charge in [-0.1, -0.05) is 6.92 Å². The normalized spacial score (nSPS) is 10.1. The molecule has 0 aliphatic carbocycles. The van der Waals surface area contributed by atoms with Crippen LogP contribution in [0, 0.1) is 13.1 Å². The van der Waals surface area contributed by atoms with Gasteiger partial charge in [0.2, 0.25) is 0 Å². The lowest BCUT2D eigenvalue weighted by atomic mass is 10.2. The van der Waals surface area contributed by atoms with Crippen molar-refractivity contribution < 1.29 is 0 Å². The molecule has 1 heterocycles. The Labute approximate surface area is 55.5 Å². The van der Waals surface area contributed by atoms with Crippen LogP contribution in [0.4, 0.5) is 0 Å². The van der Waals surface area contributed by atoms with Crippen molar-refractivity contribution in [2.24, 2.45) is 7.05 Å². The summed E-state index contributed by atoms with van der Waals surface area (Å²) in [4.78, 5) is 0. The Kier molecular flexibility index (Phi) is 1.56. The molecule has 0 aliphatic rings. The Morgan fingerprint density at radius 2 is 2.33 bits per heavy atom. The van der Waals surface area contributed by atoms with Crippen LogP contribution in [0.15, 0.2) is 0 Å². The first-order chi connectivity index (χ1) is 4.24. The van der Waals surface area contributed by atoms with E-state index in [1.54, 1.807) is 4.68 Å². The first-order valence-electron chi connectivity index (χ1n) is 3.16. The predicted molar refractivity (Wildman–Crippen MR) is 36.2 cm³/mol. The second-order valence-electron chi connectivity index (χ2n) is 2.16. The molecule has 0 aromatic carbocycles. The van der Waals surface area contributed by atoms with E-state index in [9.17, 15) is 0 Å². The summed E-state index contributed by atoms with van der Waals surface area (Å²) in [6.45, 7) is 4.13. The molecule has 1 aromatic heterocycles. The van der Waals surface area contributed by atoms with Crippen molar-refractivity contribution in [1.29, 1.82) is 0 Å². The number of aryl methyl sites for hydroxylation is 3. The minimum absolute atomic E-state index is 1.00. The molecule has 0 saturated heterocycles. The molecule has 0 amide bonds. The summed E-state index contributed by atoms with van der Waals surface area (Å²) in [6.07, 6.45) is 4.07. The molecule has 0 spiro atoms. The van der Waals surface area contributed by atoms with E-state index in [4.69, 9.17) is 0 Å². The van der Waals surface area contributed by atoms with Gasteiger partial charge in [-0.15, -0.1) is 0 Å². The van der Waals surface area contributed by atoms with Crippen molar-refractivity contribution in [1.82, 2.24) is 9.78 Å². The van der Waals surface area contributed by atoms with Gasteiger partial charge in [-0.3, -0.25) is 4.68 Å². The average Bonchev–Trinajstić information content (AvgIpc) is 2.10. The maximum Gasteiger partial charge on any atom is 0.0894 e. The van der Waals surface area contributed by atoms with Crippen molar-refractivity contribution in [3.63, 3.8) is 0 Å². The lowest BCUT2D eigenvalue weighted by Crippen LogP contribution is -1.89. The van der Waals surface area contributed by atoms with E-state index in [-0.39, 0.29) is 0 Å². The van der Waals surface area contributed by atoms with Crippen LogP contribution in [-0.2, 0) is 13.5 Å². The monoisotopic (exact) mass is 123 g/mol. The zero-order chi connectivity index (χ0) is 6.85. The number of nitrogens with zero attached hydrogens (tertiary/aromatic N) is 2. The van der Waals surface area contributed by atoms with Gasteiger partial charge in [0.15, 0.2) is 0 Å². The fraction of sp³-hybridized carbons (Fsp3) is 0.571. The first-order valence-corrected chi connectivity index (χ1v) is 3.16. The van der Waals surface area contributed by atoms with E-state index < -0.39 is 0 Å². The van der Waals surface area contributed by atoms with E-state index in [1.807, 2.05) is 14.0 Å². The highest BCUT2D eigenvalue weighted by Crippen LogP contribution is 2.02. The van der Waals surface area contributed by atoms with Crippen molar-refractivity contribution in [3.05, 3.63) is 17.5 Å². The molecule has 0 unspecified atom stereocenters. The molecule has 2 heteroatoms. The smallest absolute Gasteiger partial charge is 0.0894 e. The third-order valence-electron chi connectivity index (χ3n) is 1.37. The Morgan fingerprint density at radius 3 is 2.56 bits per heavy atom. The van der Waals surface area contributed by atoms with E-state index in [0.717, 1.165) is 12.1 Å². The topological polar surface area (TPSA) is 17.8 Å². The van der Waals surface area contributed by atoms with E-state index in [2.05, 4.69) is 18.2 Å². The molecule has 2 nitrogen and oxygen atoms in total. The van der Waals surface area contributed by atoms with E-state index in [1.165, 1.54) is 5.56 Å². The Hall–Kier alpha value is -0.790. The van der Waals surface area contributed by atoms with Crippen LogP contribution < -0.4 is 0 Å². The number of rotatable bonds is 1. The molecule has 0 fully saturated rings. The fourth-order valence-corrected chi connectivity index (χ4v) is 0.924.